The Kier molecular flexibility index (Phi) is 2.90. The third-order valence-electron chi connectivity index (χ3n) is 3.75. The van der Waals surface area contributed by atoms with E-state index in [1.807, 2.05) is 18.7 Å². The summed E-state index contributed by atoms with van der Waals surface area (Å²) in [5, 5.41) is 10.7. The molecule has 6 heteroatoms. The average molecular weight is 287 g/mol. The molecule has 1 aliphatic heterocycles. The SMILES string of the molecule is CC1(C)CN(c2ccc([N+](=O)[O-])cn2)c2ccc(F)cc21. The van der Waals surface area contributed by atoms with Crippen molar-refractivity contribution in [3.63, 3.8) is 0 Å². The molecule has 2 heterocycles. The van der Waals surface area contributed by atoms with Gasteiger partial charge in [-0.2, -0.15) is 0 Å². The normalized spacial score (nSPS) is 15.9. The Balaban J connectivity index is 2.04. The van der Waals surface area contributed by atoms with Crippen LogP contribution < -0.4 is 4.90 Å². The van der Waals surface area contributed by atoms with Gasteiger partial charge >= 0.3 is 0 Å². The quantitative estimate of drug-likeness (QED) is 0.626. The standard InChI is InChI=1S/C15H14FN3O2/c1-15(2)9-18(13-5-3-10(16)7-12(13)15)14-6-4-11(8-17-14)19(20)21/h3-8H,9H2,1-2H3. The van der Waals surface area contributed by atoms with Crippen molar-refractivity contribution in [3.8, 4) is 0 Å². The minimum Gasteiger partial charge on any atom is -0.325 e. The van der Waals surface area contributed by atoms with Crippen molar-refractivity contribution in [1.29, 1.82) is 0 Å². The van der Waals surface area contributed by atoms with Gasteiger partial charge in [0.05, 0.1) is 4.92 Å². The molecule has 2 aromatic rings. The van der Waals surface area contributed by atoms with Crippen LogP contribution in [-0.2, 0) is 5.41 Å². The van der Waals surface area contributed by atoms with E-state index < -0.39 is 4.92 Å². The van der Waals surface area contributed by atoms with Crippen LogP contribution in [0, 0.1) is 15.9 Å². The Labute approximate surface area is 121 Å². The summed E-state index contributed by atoms with van der Waals surface area (Å²) in [4.78, 5) is 16.3. The second kappa shape index (κ2) is 4.51. The first-order valence-corrected chi connectivity index (χ1v) is 6.56. The number of pyridine rings is 1. The second-order valence-electron chi connectivity index (χ2n) is 5.76. The van der Waals surface area contributed by atoms with Crippen molar-refractivity contribution < 1.29 is 9.31 Å². The van der Waals surface area contributed by atoms with Crippen molar-refractivity contribution in [2.24, 2.45) is 0 Å². The monoisotopic (exact) mass is 287 g/mol. The Morgan fingerprint density at radius 3 is 2.71 bits per heavy atom. The lowest BCUT2D eigenvalue weighted by Crippen LogP contribution is -2.25. The molecular weight excluding hydrogens is 273 g/mol. The Hall–Kier alpha value is -2.50. The number of anilines is 2. The third-order valence-corrected chi connectivity index (χ3v) is 3.75. The molecule has 0 fully saturated rings. The zero-order valence-corrected chi connectivity index (χ0v) is 11.7. The molecule has 5 nitrogen and oxygen atoms in total. The van der Waals surface area contributed by atoms with E-state index in [1.165, 1.54) is 18.3 Å². The zero-order valence-electron chi connectivity index (χ0n) is 11.7. The maximum Gasteiger partial charge on any atom is 0.287 e. The summed E-state index contributed by atoms with van der Waals surface area (Å²) in [6.45, 7) is 4.73. The van der Waals surface area contributed by atoms with Gasteiger partial charge in [0.1, 0.15) is 17.8 Å². The van der Waals surface area contributed by atoms with E-state index >= 15 is 0 Å². The smallest absolute Gasteiger partial charge is 0.287 e. The molecule has 0 aliphatic carbocycles. The lowest BCUT2D eigenvalue weighted by molar-refractivity contribution is -0.385. The van der Waals surface area contributed by atoms with Crippen LogP contribution in [0.2, 0.25) is 0 Å². The fourth-order valence-electron chi connectivity index (χ4n) is 2.70. The highest BCUT2D eigenvalue weighted by Crippen LogP contribution is 2.43. The molecule has 0 amide bonds. The van der Waals surface area contributed by atoms with Crippen LogP contribution in [0.1, 0.15) is 19.4 Å². The average Bonchev–Trinajstić information content (AvgIpc) is 2.71. The molecule has 0 unspecified atom stereocenters. The molecule has 0 atom stereocenters. The number of benzene rings is 1. The van der Waals surface area contributed by atoms with E-state index in [0.29, 0.717) is 12.4 Å². The maximum absolute atomic E-state index is 13.5. The fourth-order valence-corrected chi connectivity index (χ4v) is 2.70. The van der Waals surface area contributed by atoms with Crippen molar-refractivity contribution in [3.05, 3.63) is 58.0 Å². The van der Waals surface area contributed by atoms with Crippen molar-refractivity contribution >= 4 is 17.2 Å². The number of rotatable bonds is 2. The molecule has 1 aromatic heterocycles. The van der Waals surface area contributed by atoms with E-state index in [0.717, 1.165) is 11.3 Å². The fraction of sp³-hybridized carbons (Fsp3) is 0.267. The molecule has 1 aromatic carbocycles. The van der Waals surface area contributed by atoms with Crippen LogP contribution in [0.5, 0.6) is 0 Å². The third kappa shape index (κ3) is 2.22. The zero-order chi connectivity index (χ0) is 15.2. The van der Waals surface area contributed by atoms with E-state index in [1.54, 1.807) is 18.2 Å². The number of hydrogen-bond acceptors (Lipinski definition) is 4. The van der Waals surface area contributed by atoms with Gasteiger partial charge in [0.2, 0.25) is 0 Å². The molecule has 108 valence electrons. The lowest BCUT2D eigenvalue weighted by atomic mass is 9.87. The van der Waals surface area contributed by atoms with Gasteiger partial charge in [0.25, 0.3) is 5.69 Å². The summed E-state index contributed by atoms with van der Waals surface area (Å²) >= 11 is 0. The molecular formula is C15H14FN3O2. The Bertz CT molecular complexity index is 713. The van der Waals surface area contributed by atoms with Crippen LogP contribution in [0.3, 0.4) is 0 Å². The Morgan fingerprint density at radius 1 is 1.33 bits per heavy atom. The summed E-state index contributed by atoms with van der Waals surface area (Å²) < 4.78 is 13.5. The summed E-state index contributed by atoms with van der Waals surface area (Å²) in [6, 6.07) is 7.73. The molecule has 0 N–H and O–H groups in total. The maximum atomic E-state index is 13.5. The highest BCUT2D eigenvalue weighted by molar-refractivity contribution is 5.70. The number of nitro groups is 1. The van der Waals surface area contributed by atoms with Crippen LogP contribution in [0.25, 0.3) is 0 Å². The van der Waals surface area contributed by atoms with Crippen molar-refractivity contribution in [2.45, 2.75) is 19.3 Å². The first kappa shape index (κ1) is 13.5. The topological polar surface area (TPSA) is 59.3 Å². The predicted molar refractivity (Wildman–Crippen MR) is 77.3 cm³/mol. The van der Waals surface area contributed by atoms with E-state index in [2.05, 4.69) is 4.98 Å². The Morgan fingerprint density at radius 2 is 2.10 bits per heavy atom. The number of aromatic nitrogens is 1. The molecule has 3 rings (SSSR count). The largest absolute Gasteiger partial charge is 0.325 e. The highest BCUT2D eigenvalue weighted by Gasteiger charge is 2.36. The summed E-state index contributed by atoms with van der Waals surface area (Å²) in [6.07, 6.45) is 1.24. The minimum absolute atomic E-state index is 0.0449. The summed E-state index contributed by atoms with van der Waals surface area (Å²) in [7, 11) is 0. The number of fused-ring (bicyclic) bond motifs is 1. The number of halogens is 1. The molecule has 0 saturated heterocycles. The molecule has 1 aliphatic rings. The first-order valence-electron chi connectivity index (χ1n) is 6.56. The highest BCUT2D eigenvalue weighted by atomic mass is 19.1. The molecule has 21 heavy (non-hydrogen) atoms. The lowest BCUT2D eigenvalue weighted by Gasteiger charge is -2.21. The van der Waals surface area contributed by atoms with Gasteiger partial charge in [0, 0.05) is 23.7 Å². The summed E-state index contributed by atoms with van der Waals surface area (Å²) in [5.41, 5.74) is 1.56. The molecule has 0 bridgehead atoms. The van der Waals surface area contributed by atoms with Crippen LogP contribution in [-0.4, -0.2) is 16.5 Å². The van der Waals surface area contributed by atoms with Gasteiger partial charge in [-0.25, -0.2) is 9.37 Å². The van der Waals surface area contributed by atoms with Gasteiger partial charge in [-0.3, -0.25) is 10.1 Å². The number of nitrogens with zero attached hydrogens (tertiary/aromatic N) is 3. The van der Waals surface area contributed by atoms with E-state index in [-0.39, 0.29) is 16.9 Å². The van der Waals surface area contributed by atoms with Crippen molar-refractivity contribution in [1.82, 2.24) is 4.98 Å². The second-order valence-corrected chi connectivity index (χ2v) is 5.76. The first-order chi connectivity index (χ1) is 9.88. The summed E-state index contributed by atoms with van der Waals surface area (Å²) in [5.74, 6) is 0.361. The predicted octanol–water partition coefficient (Wildman–Crippen LogP) is 3.56. The minimum atomic E-state index is -0.478. The molecule has 0 radical (unpaired) electrons. The van der Waals surface area contributed by atoms with Gasteiger partial charge in [-0.05, 0) is 29.8 Å². The van der Waals surface area contributed by atoms with Crippen LogP contribution in [0.15, 0.2) is 36.5 Å². The molecule has 0 saturated carbocycles. The van der Waals surface area contributed by atoms with Gasteiger partial charge in [-0.15, -0.1) is 0 Å². The van der Waals surface area contributed by atoms with Gasteiger partial charge < -0.3 is 4.90 Å². The van der Waals surface area contributed by atoms with Crippen LogP contribution in [0.4, 0.5) is 21.6 Å². The van der Waals surface area contributed by atoms with Crippen molar-refractivity contribution in [2.75, 3.05) is 11.4 Å². The van der Waals surface area contributed by atoms with E-state index in [4.69, 9.17) is 0 Å². The van der Waals surface area contributed by atoms with Gasteiger partial charge in [0.15, 0.2) is 0 Å². The number of hydrogen-bond donors (Lipinski definition) is 0. The van der Waals surface area contributed by atoms with E-state index in [9.17, 15) is 14.5 Å². The van der Waals surface area contributed by atoms with Gasteiger partial charge in [-0.1, -0.05) is 13.8 Å². The molecule has 0 spiro atoms. The van der Waals surface area contributed by atoms with Crippen LogP contribution >= 0.6 is 0 Å².